The summed E-state index contributed by atoms with van der Waals surface area (Å²) >= 11 is 0. The summed E-state index contributed by atoms with van der Waals surface area (Å²) in [6, 6.07) is 16.5. The van der Waals surface area contributed by atoms with Crippen LogP contribution in [0, 0.1) is 13.8 Å². The molecule has 0 fully saturated rings. The molecule has 2 atom stereocenters. The van der Waals surface area contributed by atoms with Crippen LogP contribution in [0.15, 0.2) is 59.8 Å². The molecule has 4 rings (SSSR count). The third kappa shape index (κ3) is 3.10. The highest BCUT2D eigenvalue weighted by atomic mass is 16.2. The minimum Gasteiger partial charge on any atom is -0.329 e. The van der Waals surface area contributed by atoms with Gasteiger partial charge in [-0.3, -0.25) is 9.59 Å². The van der Waals surface area contributed by atoms with Crippen LogP contribution in [-0.2, 0) is 9.59 Å². The van der Waals surface area contributed by atoms with Crippen LogP contribution in [-0.4, -0.2) is 11.7 Å². The average Bonchev–Trinajstić information content (AvgIpc) is 2.61. The Kier molecular flexibility index (Phi) is 4.23. The number of aryl methyl sites for hydroxylation is 2. The van der Waals surface area contributed by atoms with E-state index in [1.807, 2.05) is 25.1 Å². The van der Waals surface area contributed by atoms with Crippen LogP contribution in [0.3, 0.4) is 0 Å². The summed E-state index contributed by atoms with van der Waals surface area (Å²) in [5.41, 5.74) is 6.24. The maximum absolute atomic E-state index is 13.0. The lowest BCUT2D eigenvalue weighted by atomic mass is 9.73. The molecule has 2 unspecified atom stereocenters. The van der Waals surface area contributed by atoms with Crippen molar-refractivity contribution in [2.45, 2.75) is 44.9 Å². The van der Waals surface area contributed by atoms with Crippen molar-refractivity contribution in [3.05, 3.63) is 82.1 Å². The van der Waals surface area contributed by atoms with E-state index in [1.165, 1.54) is 11.1 Å². The van der Waals surface area contributed by atoms with Crippen molar-refractivity contribution in [1.82, 2.24) is 5.32 Å². The number of carbonyl (C=O) groups is 2. The van der Waals surface area contributed by atoms with Crippen molar-refractivity contribution in [3.63, 3.8) is 0 Å². The molecular weight excluding hydrogens is 322 g/mol. The molecule has 0 saturated heterocycles. The van der Waals surface area contributed by atoms with E-state index in [9.17, 15) is 9.59 Å². The average molecular weight is 345 g/mol. The molecule has 0 saturated carbocycles. The minimum absolute atomic E-state index is 0.00705. The van der Waals surface area contributed by atoms with Gasteiger partial charge in [-0.25, -0.2) is 0 Å². The summed E-state index contributed by atoms with van der Waals surface area (Å²) in [6.45, 7) is 4.10. The van der Waals surface area contributed by atoms with Crippen LogP contribution in [0.2, 0.25) is 0 Å². The van der Waals surface area contributed by atoms with Crippen LogP contribution in [0.1, 0.15) is 53.4 Å². The lowest BCUT2D eigenvalue weighted by Gasteiger charge is -2.34. The van der Waals surface area contributed by atoms with Crippen LogP contribution in [0.25, 0.3) is 0 Å². The van der Waals surface area contributed by atoms with E-state index in [4.69, 9.17) is 0 Å². The van der Waals surface area contributed by atoms with E-state index >= 15 is 0 Å². The molecule has 2 aromatic carbocycles. The fourth-order valence-electron chi connectivity index (χ4n) is 4.21. The predicted octanol–water partition coefficient (Wildman–Crippen LogP) is 4.31. The van der Waals surface area contributed by atoms with Gasteiger partial charge in [0.25, 0.3) is 0 Å². The molecule has 1 aliphatic heterocycles. The summed E-state index contributed by atoms with van der Waals surface area (Å²) in [4.78, 5) is 25.4. The summed E-state index contributed by atoms with van der Waals surface area (Å²) in [5, 5.41) is 2.99. The second kappa shape index (κ2) is 6.56. The Balaban J connectivity index is 1.71. The Morgan fingerprint density at radius 3 is 2.35 bits per heavy atom. The minimum atomic E-state index is -0.120. The topological polar surface area (TPSA) is 46.2 Å². The highest BCUT2D eigenvalue weighted by Gasteiger charge is 2.38. The zero-order chi connectivity index (χ0) is 18.3. The molecule has 1 amide bonds. The van der Waals surface area contributed by atoms with Crippen molar-refractivity contribution in [1.29, 1.82) is 0 Å². The number of nitrogens with one attached hydrogen (secondary N) is 1. The number of hydrogen-bond donors (Lipinski definition) is 1. The van der Waals surface area contributed by atoms with Gasteiger partial charge in [-0.15, -0.1) is 0 Å². The van der Waals surface area contributed by atoms with Gasteiger partial charge in [0.05, 0.1) is 0 Å². The van der Waals surface area contributed by atoms with E-state index in [1.54, 1.807) is 0 Å². The Labute approximate surface area is 154 Å². The highest BCUT2D eigenvalue weighted by molar-refractivity contribution is 6.02. The normalized spacial score (nSPS) is 22.8. The van der Waals surface area contributed by atoms with Gasteiger partial charge in [-0.2, -0.15) is 0 Å². The third-order valence-corrected chi connectivity index (χ3v) is 5.53. The van der Waals surface area contributed by atoms with Crippen molar-refractivity contribution in [2.24, 2.45) is 0 Å². The fraction of sp³-hybridized carbons (Fsp3) is 0.304. The summed E-state index contributed by atoms with van der Waals surface area (Å²) < 4.78 is 0. The highest BCUT2D eigenvalue weighted by Crippen LogP contribution is 2.42. The molecule has 132 valence electrons. The SMILES string of the molecule is Cc1ccc(C2CC(=O)C3=C(C2)NC(=O)CC3c2cccc(C)c2)cc1. The van der Waals surface area contributed by atoms with Crippen LogP contribution in [0.5, 0.6) is 0 Å². The summed E-state index contributed by atoms with van der Waals surface area (Å²) in [7, 11) is 0. The molecular formula is C23H23NO2. The summed E-state index contributed by atoms with van der Waals surface area (Å²) in [5.74, 6) is 0.194. The van der Waals surface area contributed by atoms with Gasteiger partial charge < -0.3 is 5.32 Å². The Morgan fingerprint density at radius 1 is 0.846 bits per heavy atom. The Bertz CT molecular complexity index is 908. The van der Waals surface area contributed by atoms with Gasteiger partial charge in [0, 0.05) is 30.0 Å². The van der Waals surface area contributed by atoms with Crippen LogP contribution in [0.4, 0.5) is 0 Å². The standard InChI is InChI=1S/C23H23NO2/c1-14-6-8-16(9-7-14)18-11-20-23(21(25)12-18)19(13-22(26)24-20)17-5-3-4-15(2)10-17/h3-10,18-19H,11-13H2,1-2H3,(H,24,26). The predicted molar refractivity (Wildman–Crippen MR) is 102 cm³/mol. The molecule has 0 radical (unpaired) electrons. The van der Waals surface area contributed by atoms with Gasteiger partial charge in [-0.05, 0) is 37.3 Å². The maximum atomic E-state index is 13.0. The molecule has 1 aliphatic carbocycles. The van der Waals surface area contributed by atoms with Crippen molar-refractivity contribution < 1.29 is 9.59 Å². The van der Waals surface area contributed by atoms with Crippen LogP contribution < -0.4 is 5.32 Å². The molecule has 1 N–H and O–H groups in total. The number of ketones is 1. The second-order valence-corrected chi connectivity index (χ2v) is 7.55. The first kappa shape index (κ1) is 16.8. The number of rotatable bonds is 2. The molecule has 0 spiro atoms. The van der Waals surface area contributed by atoms with Gasteiger partial charge in [0.15, 0.2) is 5.78 Å². The first-order chi connectivity index (χ1) is 12.5. The van der Waals surface area contributed by atoms with E-state index in [0.717, 1.165) is 28.8 Å². The molecule has 2 aliphatic rings. The van der Waals surface area contributed by atoms with Crippen molar-refractivity contribution in [2.75, 3.05) is 0 Å². The largest absolute Gasteiger partial charge is 0.329 e. The number of carbonyl (C=O) groups excluding carboxylic acids is 2. The van der Waals surface area contributed by atoms with E-state index in [2.05, 4.69) is 42.6 Å². The maximum Gasteiger partial charge on any atom is 0.225 e. The molecule has 3 nitrogen and oxygen atoms in total. The number of Topliss-reactive ketones (excluding diaryl/α,β-unsaturated/α-hetero) is 1. The molecule has 0 aromatic heterocycles. The van der Waals surface area contributed by atoms with Gasteiger partial charge >= 0.3 is 0 Å². The fourth-order valence-corrected chi connectivity index (χ4v) is 4.21. The quantitative estimate of drug-likeness (QED) is 0.882. The first-order valence-corrected chi connectivity index (χ1v) is 9.20. The third-order valence-electron chi connectivity index (χ3n) is 5.53. The zero-order valence-corrected chi connectivity index (χ0v) is 15.2. The summed E-state index contributed by atoms with van der Waals surface area (Å²) in [6.07, 6.45) is 1.58. The number of allylic oxidation sites excluding steroid dienone is 2. The Morgan fingerprint density at radius 2 is 1.62 bits per heavy atom. The Hall–Kier alpha value is -2.68. The molecule has 0 bridgehead atoms. The van der Waals surface area contributed by atoms with Crippen molar-refractivity contribution in [3.8, 4) is 0 Å². The number of hydrogen-bond acceptors (Lipinski definition) is 2. The number of amides is 1. The monoisotopic (exact) mass is 345 g/mol. The second-order valence-electron chi connectivity index (χ2n) is 7.55. The van der Waals surface area contributed by atoms with Gasteiger partial charge in [0.1, 0.15) is 0 Å². The van der Waals surface area contributed by atoms with Gasteiger partial charge in [-0.1, -0.05) is 59.7 Å². The molecule has 3 heteroatoms. The van der Waals surface area contributed by atoms with Gasteiger partial charge in [0.2, 0.25) is 5.91 Å². The van der Waals surface area contributed by atoms with Crippen molar-refractivity contribution >= 4 is 11.7 Å². The lowest BCUT2D eigenvalue weighted by Crippen LogP contribution is -2.38. The first-order valence-electron chi connectivity index (χ1n) is 9.20. The zero-order valence-electron chi connectivity index (χ0n) is 15.2. The van der Waals surface area contributed by atoms with Crippen LogP contribution >= 0.6 is 0 Å². The van der Waals surface area contributed by atoms with E-state index < -0.39 is 0 Å². The smallest absolute Gasteiger partial charge is 0.225 e. The lowest BCUT2D eigenvalue weighted by molar-refractivity contribution is -0.122. The van der Waals surface area contributed by atoms with E-state index in [0.29, 0.717) is 12.8 Å². The number of benzene rings is 2. The molecule has 2 aromatic rings. The molecule has 26 heavy (non-hydrogen) atoms. The van der Waals surface area contributed by atoms with E-state index in [-0.39, 0.29) is 23.5 Å². The molecule has 1 heterocycles.